The third-order valence-electron chi connectivity index (χ3n) is 1.26. The van der Waals surface area contributed by atoms with E-state index >= 15 is 0 Å². The molecule has 0 saturated carbocycles. The summed E-state index contributed by atoms with van der Waals surface area (Å²) in [5.74, 6) is 0. The predicted octanol–water partition coefficient (Wildman–Crippen LogP) is 0.211. The molecule has 1 aromatic heterocycles. The zero-order chi connectivity index (χ0) is 8.27. The number of aliphatic hydroxyl groups excluding tert-OH is 1. The topological polar surface area (TPSA) is 50.9 Å². The number of nitrogens with zero attached hydrogens (tertiary/aromatic N) is 3. The van der Waals surface area contributed by atoms with Crippen LogP contribution in [-0.4, -0.2) is 26.7 Å². The Bertz CT molecular complexity index is 264. The first-order valence-electron chi connectivity index (χ1n) is 3.36. The van der Waals surface area contributed by atoms with Crippen LogP contribution in [0.5, 0.6) is 0 Å². The Morgan fingerprint density at radius 3 is 3.00 bits per heavy atom. The first-order valence-corrected chi connectivity index (χ1v) is 3.36. The lowest BCUT2D eigenvalue weighted by molar-refractivity contribution is 0.332. The van der Waals surface area contributed by atoms with Crippen LogP contribution in [0.15, 0.2) is 11.8 Å². The normalized spacial score (nSPS) is 12.1. The number of aliphatic hydroxyl groups is 1. The van der Waals surface area contributed by atoms with Crippen molar-refractivity contribution in [1.82, 2.24) is 15.0 Å². The van der Waals surface area contributed by atoms with E-state index in [0.29, 0.717) is 0 Å². The van der Waals surface area contributed by atoms with E-state index in [0.717, 1.165) is 11.3 Å². The van der Waals surface area contributed by atoms with E-state index < -0.39 is 0 Å². The molecule has 1 heterocycles. The van der Waals surface area contributed by atoms with Gasteiger partial charge in [-0.2, -0.15) is 0 Å². The molecule has 1 N–H and O–H groups in total. The second-order valence-electron chi connectivity index (χ2n) is 2.47. The lowest BCUT2D eigenvalue weighted by Crippen LogP contribution is -1.85. The van der Waals surface area contributed by atoms with Gasteiger partial charge in [0.15, 0.2) is 0 Å². The fourth-order valence-electron chi connectivity index (χ4n) is 0.729. The maximum atomic E-state index is 8.68. The molecule has 0 radical (unpaired) electrons. The third kappa shape index (κ3) is 2.16. The van der Waals surface area contributed by atoms with E-state index in [1.807, 2.05) is 6.92 Å². The van der Waals surface area contributed by atoms with E-state index in [2.05, 4.69) is 10.3 Å². The first-order chi connectivity index (χ1) is 5.22. The molecule has 0 saturated heterocycles. The number of hydrogen-bond donors (Lipinski definition) is 1. The van der Waals surface area contributed by atoms with Crippen molar-refractivity contribution >= 4 is 6.08 Å². The van der Waals surface area contributed by atoms with Crippen LogP contribution in [-0.2, 0) is 7.05 Å². The van der Waals surface area contributed by atoms with Crippen molar-refractivity contribution in [2.24, 2.45) is 7.05 Å². The third-order valence-corrected chi connectivity index (χ3v) is 1.26. The van der Waals surface area contributed by atoms with Crippen molar-refractivity contribution in [3.05, 3.63) is 17.5 Å². The van der Waals surface area contributed by atoms with Crippen molar-refractivity contribution in [3.8, 4) is 0 Å². The highest BCUT2D eigenvalue weighted by atomic mass is 16.3. The molecular weight excluding hydrogens is 142 g/mol. The maximum absolute atomic E-state index is 8.68. The molecule has 4 heteroatoms. The number of aryl methyl sites for hydroxylation is 1. The molecular formula is C7H11N3O. The zero-order valence-electron chi connectivity index (χ0n) is 6.65. The Hall–Kier alpha value is -1.16. The standard InChI is InChI=1S/C7H11N3O/c1-6(5-11)3-7-4-10(2)9-8-7/h3-4,11H,5H2,1-2H3/b6-3+. The second-order valence-corrected chi connectivity index (χ2v) is 2.47. The van der Waals surface area contributed by atoms with Crippen molar-refractivity contribution in [1.29, 1.82) is 0 Å². The van der Waals surface area contributed by atoms with E-state index in [1.54, 1.807) is 24.0 Å². The van der Waals surface area contributed by atoms with Gasteiger partial charge in [0.05, 0.1) is 12.8 Å². The monoisotopic (exact) mass is 153 g/mol. The summed E-state index contributed by atoms with van der Waals surface area (Å²) in [6.07, 6.45) is 3.59. The molecule has 0 spiro atoms. The number of rotatable bonds is 2. The van der Waals surface area contributed by atoms with Gasteiger partial charge in [-0.3, -0.25) is 4.68 Å². The predicted molar refractivity (Wildman–Crippen MR) is 41.7 cm³/mol. The van der Waals surface area contributed by atoms with Crippen LogP contribution >= 0.6 is 0 Å². The number of aromatic nitrogens is 3. The van der Waals surface area contributed by atoms with Gasteiger partial charge < -0.3 is 5.11 Å². The number of hydrogen-bond acceptors (Lipinski definition) is 3. The van der Waals surface area contributed by atoms with Gasteiger partial charge in [0, 0.05) is 7.05 Å². The highest BCUT2D eigenvalue weighted by Crippen LogP contribution is 2.00. The van der Waals surface area contributed by atoms with Gasteiger partial charge in [-0.15, -0.1) is 5.10 Å². The highest BCUT2D eigenvalue weighted by molar-refractivity contribution is 5.46. The van der Waals surface area contributed by atoms with Crippen molar-refractivity contribution in [3.63, 3.8) is 0 Å². The minimum atomic E-state index is 0.0660. The van der Waals surface area contributed by atoms with Crippen LogP contribution in [0.25, 0.3) is 6.08 Å². The summed E-state index contributed by atoms with van der Waals surface area (Å²) in [6, 6.07) is 0. The molecule has 0 aliphatic rings. The van der Waals surface area contributed by atoms with Gasteiger partial charge in [-0.05, 0) is 18.6 Å². The zero-order valence-corrected chi connectivity index (χ0v) is 6.65. The van der Waals surface area contributed by atoms with Crippen LogP contribution in [0.3, 0.4) is 0 Å². The van der Waals surface area contributed by atoms with Crippen molar-refractivity contribution in [2.75, 3.05) is 6.61 Å². The molecule has 0 aromatic carbocycles. The van der Waals surface area contributed by atoms with E-state index in [9.17, 15) is 0 Å². The van der Waals surface area contributed by atoms with E-state index in [4.69, 9.17) is 5.11 Å². The van der Waals surface area contributed by atoms with Crippen LogP contribution in [0.1, 0.15) is 12.6 Å². The van der Waals surface area contributed by atoms with Gasteiger partial charge in [-0.1, -0.05) is 5.21 Å². The molecule has 0 aliphatic carbocycles. The molecule has 0 bridgehead atoms. The SMILES string of the molecule is C/C(=C\c1cn(C)nn1)CO. The van der Waals surface area contributed by atoms with Gasteiger partial charge >= 0.3 is 0 Å². The minimum Gasteiger partial charge on any atom is -0.392 e. The Balaban J connectivity index is 2.78. The smallest absolute Gasteiger partial charge is 0.105 e. The molecule has 4 nitrogen and oxygen atoms in total. The molecule has 0 aliphatic heterocycles. The summed E-state index contributed by atoms with van der Waals surface area (Å²) in [5.41, 5.74) is 1.66. The largest absolute Gasteiger partial charge is 0.392 e. The molecule has 0 atom stereocenters. The Kier molecular flexibility index (Phi) is 2.38. The van der Waals surface area contributed by atoms with Gasteiger partial charge in [0.25, 0.3) is 0 Å². The van der Waals surface area contributed by atoms with Crippen LogP contribution in [0.4, 0.5) is 0 Å². The Labute approximate surface area is 65.2 Å². The fourth-order valence-corrected chi connectivity index (χ4v) is 0.729. The molecule has 0 amide bonds. The summed E-state index contributed by atoms with van der Waals surface area (Å²) in [7, 11) is 1.80. The summed E-state index contributed by atoms with van der Waals surface area (Å²) in [5, 5.41) is 16.3. The quantitative estimate of drug-likeness (QED) is 0.660. The summed E-state index contributed by atoms with van der Waals surface area (Å²) >= 11 is 0. The van der Waals surface area contributed by atoms with Gasteiger partial charge in [0.2, 0.25) is 0 Å². The van der Waals surface area contributed by atoms with Crippen molar-refractivity contribution < 1.29 is 5.11 Å². The first kappa shape index (κ1) is 7.94. The Morgan fingerprint density at radius 1 is 1.82 bits per heavy atom. The second kappa shape index (κ2) is 3.30. The van der Waals surface area contributed by atoms with Crippen molar-refractivity contribution in [2.45, 2.75) is 6.92 Å². The summed E-state index contributed by atoms with van der Waals surface area (Å²) in [4.78, 5) is 0. The maximum Gasteiger partial charge on any atom is 0.105 e. The van der Waals surface area contributed by atoms with E-state index in [1.165, 1.54) is 0 Å². The van der Waals surface area contributed by atoms with Crippen LogP contribution < -0.4 is 0 Å². The summed E-state index contributed by atoms with van der Waals surface area (Å²) in [6.45, 7) is 1.91. The Morgan fingerprint density at radius 2 is 2.55 bits per heavy atom. The minimum absolute atomic E-state index is 0.0660. The lowest BCUT2D eigenvalue weighted by Gasteiger charge is -1.89. The van der Waals surface area contributed by atoms with Crippen LogP contribution in [0.2, 0.25) is 0 Å². The summed E-state index contributed by atoms with van der Waals surface area (Å²) < 4.78 is 1.62. The van der Waals surface area contributed by atoms with E-state index in [-0.39, 0.29) is 6.61 Å². The molecule has 0 unspecified atom stereocenters. The van der Waals surface area contributed by atoms with Gasteiger partial charge in [-0.25, -0.2) is 0 Å². The molecule has 11 heavy (non-hydrogen) atoms. The molecule has 60 valence electrons. The molecule has 1 aromatic rings. The van der Waals surface area contributed by atoms with Crippen LogP contribution in [0, 0.1) is 0 Å². The molecule has 0 fully saturated rings. The van der Waals surface area contributed by atoms with Gasteiger partial charge in [0.1, 0.15) is 5.69 Å². The fraction of sp³-hybridized carbons (Fsp3) is 0.429. The highest BCUT2D eigenvalue weighted by Gasteiger charge is 1.93. The lowest BCUT2D eigenvalue weighted by atomic mass is 10.3. The molecule has 1 rings (SSSR count). The average molecular weight is 153 g/mol. The average Bonchev–Trinajstić information content (AvgIpc) is 2.35.